The Labute approximate surface area is 110 Å². The Kier molecular flexibility index (Phi) is 4.63. The van der Waals surface area contributed by atoms with Gasteiger partial charge in [-0.05, 0) is 24.3 Å². The second kappa shape index (κ2) is 5.61. The van der Waals surface area contributed by atoms with Crippen molar-refractivity contribution < 1.29 is 10.2 Å². The van der Waals surface area contributed by atoms with Crippen LogP contribution in [0.25, 0.3) is 0 Å². The topological polar surface area (TPSA) is 52.5 Å². The van der Waals surface area contributed by atoms with Gasteiger partial charge in [-0.15, -0.1) is 0 Å². The lowest BCUT2D eigenvalue weighted by Crippen LogP contribution is -2.34. The summed E-state index contributed by atoms with van der Waals surface area (Å²) in [4.78, 5) is 0. The maximum Gasteiger partial charge on any atom is 0.124 e. The Morgan fingerprint density at radius 1 is 1.17 bits per heavy atom. The first-order valence-electron chi connectivity index (χ1n) is 6.49. The van der Waals surface area contributed by atoms with E-state index in [2.05, 4.69) is 33.0 Å². The first-order valence-corrected chi connectivity index (χ1v) is 6.49. The highest BCUT2D eigenvalue weighted by Crippen LogP contribution is 2.30. The Hall–Kier alpha value is -1.22. The molecule has 0 fully saturated rings. The van der Waals surface area contributed by atoms with E-state index >= 15 is 0 Å². The minimum absolute atomic E-state index is 0.0589. The van der Waals surface area contributed by atoms with E-state index in [1.807, 2.05) is 6.92 Å². The maximum absolute atomic E-state index is 9.80. The van der Waals surface area contributed by atoms with Gasteiger partial charge in [0.15, 0.2) is 0 Å². The number of nitrogens with one attached hydrogen (secondary N) is 1. The van der Waals surface area contributed by atoms with E-state index in [9.17, 15) is 10.2 Å². The van der Waals surface area contributed by atoms with Gasteiger partial charge in [0.05, 0.1) is 0 Å². The summed E-state index contributed by atoms with van der Waals surface area (Å²) in [6.07, 6.45) is 0. The van der Waals surface area contributed by atoms with Crippen LogP contribution in [0.2, 0.25) is 0 Å². The first kappa shape index (κ1) is 14.8. The Morgan fingerprint density at radius 2 is 1.78 bits per heavy atom. The molecule has 102 valence electrons. The van der Waals surface area contributed by atoms with Crippen molar-refractivity contribution in [3.63, 3.8) is 0 Å². The quantitative estimate of drug-likeness (QED) is 0.751. The maximum atomic E-state index is 9.80. The minimum Gasteiger partial charge on any atom is -0.508 e. The number of aromatic hydroxyl groups is 2. The molecule has 0 radical (unpaired) electrons. The fourth-order valence-corrected chi connectivity index (χ4v) is 1.63. The molecule has 1 aromatic rings. The Balaban J connectivity index is 2.69. The molecule has 1 unspecified atom stereocenters. The third kappa shape index (κ3) is 3.64. The smallest absolute Gasteiger partial charge is 0.124 e. The highest BCUT2D eigenvalue weighted by Gasteiger charge is 2.23. The molecule has 3 nitrogen and oxygen atoms in total. The zero-order valence-corrected chi connectivity index (χ0v) is 12.0. The second-order valence-electron chi connectivity index (χ2n) is 5.99. The average molecular weight is 251 g/mol. The number of benzene rings is 1. The van der Waals surface area contributed by atoms with Gasteiger partial charge in [-0.3, -0.25) is 0 Å². The van der Waals surface area contributed by atoms with Crippen LogP contribution in [0.15, 0.2) is 18.2 Å². The zero-order chi connectivity index (χ0) is 13.9. The number of phenolic OH excluding ortho intramolecular Hbond substituents is 2. The molecule has 0 amide bonds. The molecule has 1 atom stereocenters. The van der Waals surface area contributed by atoms with Gasteiger partial charge in [-0.25, -0.2) is 0 Å². The summed E-state index contributed by atoms with van der Waals surface area (Å²) < 4.78 is 0. The summed E-state index contributed by atoms with van der Waals surface area (Å²) in [5.74, 6) is 0.814. The predicted octanol–water partition coefficient (Wildman–Crippen LogP) is 3.43. The van der Waals surface area contributed by atoms with E-state index in [-0.39, 0.29) is 23.0 Å². The Bertz CT molecular complexity index is 399. The van der Waals surface area contributed by atoms with Gasteiger partial charge in [0.2, 0.25) is 0 Å². The van der Waals surface area contributed by atoms with Crippen LogP contribution < -0.4 is 5.32 Å². The monoisotopic (exact) mass is 251 g/mol. The lowest BCUT2D eigenvalue weighted by atomic mass is 9.81. The van der Waals surface area contributed by atoms with Gasteiger partial charge in [-0.1, -0.05) is 33.8 Å². The minimum atomic E-state index is 0.0589. The van der Waals surface area contributed by atoms with E-state index in [0.29, 0.717) is 5.92 Å². The molecule has 18 heavy (non-hydrogen) atoms. The molecule has 1 aromatic carbocycles. The van der Waals surface area contributed by atoms with Crippen molar-refractivity contribution in [3.8, 4) is 11.5 Å². The summed E-state index contributed by atoms with van der Waals surface area (Å²) >= 11 is 0. The van der Waals surface area contributed by atoms with Gasteiger partial charge < -0.3 is 15.5 Å². The van der Waals surface area contributed by atoms with E-state index < -0.39 is 0 Å². The van der Waals surface area contributed by atoms with Crippen molar-refractivity contribution in [2.75, 3.05) is 6.54 Å². The van der Waals surface area contributed by atoms with E-state index in [4.69, 9.17) is 0 Å². The molecular weight excluding hydrogens is 226 g/mol. The molecule has 0 heterocycles. The molecule has 0 bridgehead atoms. The van der Waals surface area contributed by atoms with Crippen LogP contribution in [0.5, 0.6) is 11.5 Å². The molecule has 3 heteroatoms. The molecule has 1 rings (SSSR count). The fourth-order valence-electron chi connectivity index (χ4n) is 1.63. The molecule has 0 aromatic heterocycles. The third-order valence-corrected chi connectivity index (χ3v) is 3.91. The molecule has 0 aliphatic carbocycles. The van der Waals surface area contributed by atoms with Crippen molar-refractivity contribution in [3.05, 3.63) is 23.8 Å². The lowest BCUT2D eigenvalue weighted by Gasteiger charge is -2.31. The van der Waals surface area contributed by atoms with Crippen LogP contribution in [0.4, 0.5) is 0 Å². The predicted molar refractivity (Wildman–Crippen MR) is 74.8 cm³/mol. The largest absolute Gasteiger partial charge is 0.508 e. The SMILES string of the molecule is CC(NCC(C)(C)C(C)C)c1ccc(O)cc1O. The summed E-state index contributed by atoms with van der Waals surface area (Å²) in [6.45, 7) is 11.8. The van der Waals surface area contributed by atoms with E-state index in [0.717, 1.165) is 12.1 Å². The van der Waals surface area contributed by atoms with Gasteiger partial charge in [0.25, 0.3) is 0 Å². The molecule has 0 spiro atoms. The van der Waals surface area contributed by atoms with E-state index in [1.165, 1.54) is 6.07 Å². The highest BCUT2D eigenvalue weighted by atomic mass is 16.3. The van der Waals surface area contributed by atoms with Crippen LogP contribution in [-0.4, -0.2) is 16.8 Å². The Morgan fingerprint density at radius 3 is 2.28 bits per heavy atom. The van der Waals surface area contributed by atoms with Crippen molar-refractivity contribution in [2.45, 2.75) is 40.7 Å². The summed E-state index contributed by atoms with van der Waals surface area (Å²) in [7, 11) is 0. The van der Waals surface area contributed by atoms with Crippen molar-refractivity contribution in [1.82, 2.24) is 5.32 Å². The molecule has 0 saturated carbocycles. The number of hydrogen-bond acceptors (Lipinski definition) is 3. The standard InChI is InChI=1S/C15H25NO2/c1-10(2)15(4,5)9-16-11(3)13-7-6-12(17)8-14(13)18/h6-8,10-11,16-18H,9H2,1-5H3. The molecule has 0 aliphatic heterocycles. The molecule has 0 saturated heterocycles. The van der Waals surface area contributed by atoms with Gasteiger partial charge in [-0.2, -0.15) is 0 Å². The number of rotatable bonds is 5. The van der Waals surface area contributed by atoms with Gasteiger partial charge in [0.1, 0.15) is 11.5 Å². The van der Waals surface area contributed by atoms with Gasteiger partial charge in [0, 0.05) is 24.2 Å². The third-order valence-electron chi connectivity index (χ3n) is 3.91. The molecule has 3 N–H and O–H groups in total. The summed E-state index contributed by atoms with van der Waals surface area (Å²) in [6, 6.07) is 4.79. The van der Waals surface area contributed by atoms with Crippen LogP contribution in [0.1, 0.15) is 46.2 Å². The first-order chi connectivity index (χ1) is 8.24. The molecule has 0 aliphatic rings. The van der Waals surface area contributed by atoms with Gasteiger partial charge >= 0.3 is 0 Å². The number of phenols is 2. The fraction of sp³-hybridized carbons (Fsp3) is 0.600. The summed E-state index contributed by atoms with van der Waals surface area (Å²) in [5, 5.41) is 22.5. The van der Waals surface area contributed by atoms with Crippen molar-refractivity contribution in [1.29, 1.82) is 0 Å². The van der Waals surface area contributed by atoms with Crippen LogP contribution in [0.3, 0.4) is 0 Å². The summed E-state index contributed by atoms with van der Waals surface area (Å²) in [5.41, 5.74) is 1.02. The lowest BCUT2D eigenvalue weighted by molar-refractivity contribution is 0.230. The van der Waals surface area contributed by atoms with E-state index in [1.54, 1.807) is 12.1 Å². The van der Waals surface area contributed by atoms with Crippen LogP contribution >= 0.6 is 0 Å². The van der Waals surface area contributed by atoms with Crippen molar-refractivity contribution in [2.24, 2.45) is 11.3 Å². The normalized spacial score (nSPS) is 13.9. The zero-order valence-electron chi connectivity index (χ0n) is 12.0. The molecular formula is C15H25NO2. The van der Waals surface area contributed by atoms with Crippen molar-refractivity contribution >= 4 is 0 Å². The average Bonchev–Trinajstić information content (AvgIpc) is 2.25. The highest BCUT2D eigenvalue weighted by molar-refractivity contribution is 5.40. The van der Waals surface area contributed by atoms with Crippen LogP contribution in [0, 0.1) is 11.3 Å². The second-order valence-corrected chi connectivity index (χ2v) is 5.99. The number of hydrogen-bond donors (Lipinski definition) is 3. The van der Waals surface area contributed by atoms with Crippen LogP contribution in [-0.2, 0) is 0 Å².